The number of carbonyl (C=O) groups is 4. The first-order valence-electron chi connectivity index (χ1n) is 16.8. The number of carbonyl (C=O) groups excluding carboxylic acids is 3. The first-order chi connectivity index (χ1) is 23.2. The van der Waals surface area contributed by atoms with Crippen LogP contribution in [0.2, 0.25) is 0 Å². The molecule has 2 aliphatic rings. The summed E-state index contributed by atoms with van der Waals surface area (Å²) in [6, 6.07) is 19.8. The van der Waals surface area contributed by atoms with Crippen molar-refractivity contribution in [2.45, 2.75) is 70.4 Å². The Labute approximate surface area is 292 Å². The molecule has 0 spiro atoms. The number of H-pyrrole nitrogens is 1. The number of aromatic nitrogens is 1. The molecule has 10 nitrogen and oxygen atoms in total. The van der Waals surface area contributed by atoms with Crippen LogP contribution in [0.3, 0.4) is 0 Å². The Morgan fingerprint density at radius 3 is 2.29 bits per heavy atom. The third kappa shape index (κ3) is 8.50. The molecule has 0 aliphatic heterocycles. The van der Waals surface area contributed by atoms with Crippen LogP contribution in [0.1, 0.15) is 76.9 Å². The maximum absolute atomic E-state index is 13.7. The highest BCUT2D eigenvalue weighted by Gasteiger charge is 2.29. The molecule has 1 aromatic heterocycles. The van der Waals surface area contributed by atoms with Crippen molar-refractivity contribution in [1.82, 2.24) is 15.6 Å². The fourth-order valence-corrected chi connectivity index (χ4v) is 6.71. The molecular formula is C38H44ClN5O5. The Morgan fingerprint density at radius 1 is 0.918 bits per heavy atom. The Hall–Kier alpha value is -4.67. The molecule has 11 heteroatoms. The maximum Gasteiger partial charge on any atom is 0.352 e. The van der Waals surface area contributed by atoms with Gasteiger partial charge in [0.15, 0.2) is 0 Å². The number of hydrogen-bond donors (Lipinski definition) is 6. The molecule has 2 saturated carbocycles. The van der Waals surface area contributed by atoms with Gasteiger partial charge in [0.25, 0.3) is 5.91 Å². The molecule has 0 unspecified atom stereocenters. The molecule has 0 bridgehead atoms. The van der Waals surface area contributed by atoms with Crippen LogP contribution in [0.15, 0.2) is 66.7 Å². The number of aromatic carboxylic acids is 1. The number of rotatable bonds is 11. The second-order valence-corrected chi connectivity index (χ2v) is 13.3. The van der Waals surface area contributed by atoms with Crippen LogP contribution in [0, 0.1) is 18.8 Å². The van der Waals surface area contributed by atoms with Gasteiger partial charge in [0.1, 0.15) is 11.7 Å². The van der Waals surface area contributed by atoms with Gasteiger partial charge in [0.2, 0.25) is 11.8 Å². The van der Waals surface area contributed by atoms with E-state index in [4.69, 9.17) is 5.73 Å². The van der Waals surface area contributed by atoms with Crippen molar-refractivity contribution in [2.75, 3.05) is 11.9 Å². The monoisotopic (exact) mass is 685 g/mol. The lowest BCUT2D eigenvalue weighted by atomic mass is 9.81. The van der Waals surface area contributed by atoms with Crippen LogP contribution >= 0.6 is 12.4 Å². The lowest BCUT2D eigenvalue weighted by Gasteiger charge is -2.28. The molecule has 0 radical (unpaired) electrons. The molecule has 7 N–H and O–H groups in total. The van der Waals surface area contributed by atoms with E-state index in [1.165, 1.54) is 6.07 Å². The fraction of sp³-hybridized carbons (Fsp3) is 0.368. The number of anilines is 1. The molecule has 1 heterocycles. The minimum absolute atomic E-state index is 0. The lowest BCUT2D eigenvalue weighted by Crippen LogP contribution is -2.48. The van der Waals surface area contributed by atoms with E-state index in [0.29, 0.717) is 34.6 Å². The lowest BCUT2D eigenvalue weighted by molar-refractivity contribution is -0.130. The van der Waals surface area contributed by atoms with Crippen molar-refractivity contribution in [3.8, 4) is 11.1 Å². The molecule has 0 saturated heterocycles. The van der Waals surface area contributed by atoms with E-state index in [1.54, 1.807) is 18.2 Å². The van der Waals surface area contributed by atoms with Crippen molar-refractivity contribution in [2.24, 2.45) is 17.6 Å². The van der Waals surface area contributed by atoms with Crippen molar-refractivity contribution in [3.05, 3.63) is 89.1 Å². The maximum atomic E-state index is 13.7. The van der Waals surface area contributed by atoms with E-state index in [1.807, 2.05) is 49.4 Å². The highest BCUT2D eigenvalue weighted by molar-refractivity contribution is 6.00. The Balaban J connectivity index is 0.00000468. The van der Waals surface area contributed by atoms with Gasteiger partial charge in [-0.2, -0.15) is 0 Å². The molecule has 49 heavy (non-hydrogen) atoms. The Bertz CT molecular complexity index is 1830. The number of halogens is 1. The van der Waals surface area contributed by atoms with Crippen LogP contribution in [0.25, 0.3) is 22.0 Å². The number of aryl methyl sites for hydroxylation is 1. The van der Waals surface area contributed by atoms with E-state index in [2.05, 4.69) is 20.9 Å². The SMILES string of the molecule is Cc1cc(C(=O)NC2CCC2)ccc1-c1ccc(C[C@H](NC(=O)[C@H]2CC[C@H](CN)CC2)C(=O)Nc2ccc3cc(C(=O)O)[nH]c3c2)cc1.Cl. The fourth-order valence-electron chi connectivity index (χ4n) is 6.71. The minimum atomic E-state index is -1.06. The summed E-state index contributed by atoms with van der Waals surface area (Å²) in [7, 11) is 0. The molecule has 3 aromatic carbocycles. The third-order valence-corrected chi connectivity index (χ3v) is 9.94. The van der Waals surface area contributed by atoms with Crippen molar-refractivity contribution in [3.63, 3.8) is 0 Å². The van der Waals surface area contributed by atoms with Crippen molar-refractivity contribution in [1.29, 1.82) is 0 Å². The summed E-state index contributed by atoms with van der Waals surface area (Å²) in [6.07, 6.45) is 6.79. The average Bonchev–Trinajstić information content (AvgIpc) is 3.50. The molecule has 3 amide bonds. The molecule has 258 valence electrons. The second-order valence-electron chi connectivity index (χ2n) is 13.3. The number of amides is 3. The number of carboxylic acids is 1. The minimum Gasteiger partial charge on any atom is -0.477 e. The zero-order valence-corrected chi connectivity index (χ0v) is 28.4. The molecular weight excluding hydrogens is 642 g/mol. The van der Waals surface area contributed by atoms with E-state index in [-0.39, 0.29) is 54.2 Å². The van der Waals surface area contributed by atoms with Crippen LogP contribution in [0.4, 0.5) is 5.69 Å². The van der Waals surface area contributed by atoms with Crippen LogP contribution in [-0.4, -0.2) is 52.4 Å². The van der Waals surface area contributed by atoms with Crippen molar-refractivity contribution >= 4 is 52.7 Å². The van der Waals surface area contributed by atoms with Gasteiger partial charge in [-0.05, 0) is 117 Å². The van der Waals surface area contributed by atoms with Gasteiger partial charge < -0.3 is 31.8 Å². The van der Waals surface area contributed by atoms with E-state index in [9.17, 15) is 24.3 Å². The molecule has 2 aliphatic carbocycles. The molecule has 4 aromatic rings. The number of fused-ring (bicyclic) bond motifs is 1. The summed E-state index contributed by atoms with van der Waals surface area (Å²) in [5.74, 6) is -1.34. The van der Waals surface area contributed by atoms with Gasteiger partial charge in [-0.3, -0.25) is 14.4 Å². The number of benzene rings is 3. The highest BCUT2D eigenvalue weighted by atomic mass is 35.5. The Kier molecular flexibility index (Phi) is 11.4. The van der Waals surface area contributed by atoms with Gasteiger partial charge >= 0.3 is 5.97 Å². The number of carboxylic acid groups (broad SMARTS) is 1. The predicted octanol–water partition coefficient (Wildman–Crippen LogP) is 5.98. The third-order valence-electron chi connectivity index (χ3n) is 9.94. The first kappa shape index (κ1) is 35.6. The molecule has 6 rings (SSSR count). The Morgan fingerprint density at radius 2 is 1.65 bits per heavy atom. The number of aromatic amines is 1. The van der Waals surface area contributed by atoms with Crippen LogP contribution in [-0.2, 0) is 16.0 Å². The summed E-state index contributed by atoms with van der Waals surface area (Å²) in [5, 5.41) is 19.1. The van der Waals surface area contributed by atoms with Gasteiger partial charge in [-0.1, -0.05) is 36.4 Å². The van der Waals surface area contributed by atoms with Gasteiger partial charge in [-0.15, -0.1) is 12.4 Å². The van der Waals surface area contributed by atoms with E-state index in [0.717, 1.165) is 67.2 Å². The predicted molar refractivity (Wildman–Crippen MR) is 193 cm³/mol. The largest absolute Gasteiger partial charge is 0.477 e. The van der Waals surface area contributed by atoms with Crippen LogP contribution in [0.5, 0.6) is 0 Å². The summed E-state index contributed by atoms with van der Waals surface area (Å²) < 4.78 is 0. The molecule has 2 fully saturated rings. The first-order valence-corrected chi connectivity index (χ1v) is 16.8. The van der Waals surface area contributed by atoms with Gasteiger partial charge in [-0.25, -0.2) is 4.79 Å². The second kappa shape index (κ2) is 15.7. The smallest absolute Gasteiger partial charge is 0.352 e. The standard InChI is InChI=1S/C38H43N5O5.ClH/c1-22-17-28(36(45)40-29-3-2-4-29)14-16-31(22)25-9-5-23(6-10-25)18-33(43-35(44)26-11-7-24(21-39)8-12-26)37(46)41-30-15-13-27-19-34(38(47)48)42-32(27)20-30;/h5-6,9-10,13-17,19-20,24,26,29,33,42H,2-4,7-8,11-12,18,21,39H2,1H3,(H,40,45)(H,41,46)(H,43,44)(H,47,48);1H/t24-,26-,33-;/m0./s1. The highest BCUT2D eigenvalue weighted by Crippen LogP contribution is 2.29. The zero-order valence-electron chi connectivity index (χ0n) is 27.6. The summed E-state index contributed by atoms with van der Waals surface area (Å²) in [5.41, 5.74) is 11.5. The zero-order chi connectivity index (χ0) is 33.8. The van der Waals surface area contributed by atoms with E-state index < -0.39 is 12.0 Å². The summed E-state index contributed by atoms with van der Waals surface area (Å²) >= 11 is 0. The number of nitrogens with one attached hydrogen (secondary N) is 4. The van der Waals surface area contributed by atoms with Gasteiger partial charge in [0, 0.05) is 40.5 Å². The molecule has 1 atom stereocenters. The van der Waals surface area contributed by atoms with Crippen molar-refractivity contribution < 1.29 is 24.3 Å². The quantitative estimate of drug-likeness (QED) is 0.114. The summed E-state index contributed by atoms with van der Waals surface area (Å²) in [6.45, 7) is 2.61. The average molecular weight is 686 g/mol. The van der Waals surface area contributed by atoms with Crippen LogP contribution < -0.4 is 21.7 Å². The van der Waals surface area contributed by atoms with Gasteiger partial charge in [0.05, 0.1) is 0 Å². The number of nitrogens with two attached hydrogens (primary N) is 1. The normalized spacial score (nSPS) is 18.1. The van der Waals surface area contributed by atoms with E-state index >= 15 is 0 Å². The topological polar surface area (TPSA) is 166 Å². The number of hydrogen-bond acceptors (Lipinski definition) is 5. The summed E-state index contributed by atoms with van der Waals surface area (Å²) in [4.78, 5) is 54.0.